The summed E-state index contributed by atoms with van der Waals surface area (Å²) in [7, 11) is 0. The fourth-order valence-electron chi connectivity index (χ4n) is 2.50. The van der Waals surface area contributed by atoms with Gasteiger partial charge in [-0.05, 0) is 31.2 Å². The Bertz CT molecular complexity index is 1060. The number of rotatable bonds is 7. The molecule has 0 saturated heterocycles. The predicted octanol–water partition coefficient (Wildman–Crippen LogP) is 3.24. The number of furan rings is 1. The molecule has 0 aliphatic heterocycles. The minimum atomic E-state index is -0.679. The zero-order chi connectivity index (χ0) is 21.0. The normalized spacial score (nSPS) is 10.6. The van der Waals surface area contributed by atoms with Crippen molar-refractivity contribution in [3.8, 4) is 0 Å². The van der Waals surface area contributed by atoms with Crippen LogP contribution in [-0.4, -0.2) is 26.5 Å². The lowest BCUT2D eigenvalue weighted by atomic mass is 10.2. The van der Waals surface area contributed by atoms with E-state index in [4.69, 9.17) is 16.0 Å². The van der Waals surface area contributed by atoms with Crippen LogP contribution in [0.3, 0.4) is 0 Å². The molecular weight excluding hydrogens is 402 g/mol. The number of aryl methyl sites for hydroxylation is 1. The maximum atomic E-state index is 12.6. The van der Waals surface area contributed by atoms with Crippen LogP contribution in [0.2, 0.25) is 5.02 Å². The fraction of sp³-hybridized carbons (Fsp3) is 0.167. The molecule has 0 atom stereocenters. The molecule has 0 radical (unpaired) electrons. The monoisotopic (exact) mass is 417 g/mol. The molecule has 0 spiro atoms. The molecule has 150 valence electrons. The van der Waals surface area contributed by atoms with Gasteiger partial charge < -0.3 is 15.1 Å². The quantitative estimate of drug-likeness (QED) is 0.448. The Morgan fingerprint density at radius 1 is 1.31 bits per heavy atom. The summed E-state index contributed by atoms with van der Waals surface area (Å²) in [4.78, 5) is 35.4. The van der Waals surface area contributed by atoms with Gasteiger partial charge in [0.05, 0.1) is 23.4 Å². The van der Waals surface area contributed by atoms with Crippen LogP contribution >= 0.6 is 11.6 Å². The molecular formula is C18H16ClN5O5. The first-order chi connectivity index (χ1) is 13.9. The predicted molar refractivity (Wildman–Crippen MR) is 104 cm³/mol. The molecule has 2 aromatic heterocycles. The highest BCUT2D eigenvalue weighted by Gasteiger charge is 2.21. The molecule has 0 bridgehead atoms. The third-order valence-corrected chi connectivity index (χ3v) is 4.28. The first kappa shape index (κ1) is 20.1. The van der Waals surface area contributed by atoms with Gasteiger partial charge in [-0.25, -0.2) is 0 Å². The van der Waals surface area contributed by atoms with Crippen LogP contribution in [0.1, 0.15) is 33.5 Å². The lowest BCUT2D eigenvalue weighted by Gasteiger charge is -2.06. The molecule has 3 aromatic rings. The van der Waals surface area contributed by atoms with Crippen LogP contribution in [0.5, 0.6) is 0 Å². The third kappa shape index (κ3) is 4.61. The van der Waals surface area contributed by atoms with Gasteiger partial charge in [0.15, 0.2) is 5.69 Å². The van der Waals surface area contributed by atoms with E-state index in [1.807, 2.05) is 6.92 Å². The molecule has 2 amide bonds. The van der Waals surface area contributed by atoms with E-state index < -0.39 is 16.7 Å². The number of carbonyl (C=O) groups excluding carboxylic acids is 2. The zero-order valence-corrected chi connectivity index (χ0v) is 16.0. The molecule has 11 heteroatoms. The van der Waals surface area contributed by atoms with E-state index in [9.17, 15) is 19.7 Å². The SMILES string of the molecule is CCn1cc(NC(=O)c2ccc(Cl)c([N+](=O)[O-])c2)c(C(=O)NCc2ccco2)n1. The third-order valence-electron chi connectivity index (χ3n) is 3.96. The lowest BCUT2D eigenvalue weighted by Crippen LogP contribution is -2.25. The Kier molecular flexibility index (Phi) is 5.93. The topological polar surface area (TPSA) is 132 Å². The standard InChI is InChI=1S/C18H16ClN5O5/c1-2-23-10-14(16(22-23)18(26)20-9-12-4-3-7-29-12)21-17(25)11-5-6-13(19)15(8-11)24(27)28/h3-8,10H,2,9H2,1H3,(H,20,26)(H,21,25). The van der Waals surface area contributed by atoms with E-state index in [1.54, 1.807) is 12.1 Å². The van der Waals surface area contributed by atoms with Crippen molar-refractivity contribution in [1.82, 2.24) is 15.1 Å². The van der Waals surface area contributed by atoms with Crippen molar-refractivity contribution in [2.45, 2.75) is 20.0 Å². The Hall–Kier alpha value is -3.66. The van der Waals surface area contributed by atoms with Crippen molar-refractivity contribution >= 4 is 34.8 Å². The zero-order valence-electron chi connectivity index (χ0n) is 15.2. The van der Waals surface area contributed by atoms with Crippen molar-refractivity contribution in [2.24, 2.45) is 0 Å². The number of nitrogens with one attached hydrogen (secondary N) is 2. The average molecular weight is 418 g/mol. The molecule has 0 aliphatic rings. The smallest absolute Gasteiger partial charge is 0.288 e. The van der Waals surface area contributed by atoms with E-state index in [2.05, 4.69) is 15.7 Å². The molecule has 0 fully saturated rings. The van der Waals surface area contributed by atoms with Gasteiger partial charge in [0, 0.05) is 24.4 Å². The second-order valence-electron chi connectivity index (χ2n) is 5.89. The molecule has 2 heterocycles. The maximum Gasteiger partial charge on any atom is 0.288 e. The number of nitro groups is 1. The van der Waals surface area contributed by atoms with Crippen LogP contribution in [0.15, 0.2) is 47.2 Å². The van der Waals surface area contributed by atoms with Gasteiger partial charge in [-0.1, -0.05) is 11.6 Å². The Balaban J connectivity index is 1.80. The van der Waals surface area contributed by atoms with Crippen molar-refractivity contribution in [2.75, 3.05) is 5.32 Å². The number of halogens is 1. The molecule has 0 aliphatic carbocycles. The molecule has 3 rings (SSSR count). The van der Waals surface area contributed by atoms with Crippen molar-refractivity contribution in [3.05, 3.63) is 74.9 Å². The molecule has 2 N–H and O–H groups in total. The largest absolute Gasteiger partial charge is 0.467 e. The number of hydrogen-bond acceptors (Lipinski definition) is 6. The molecule has 0 unspecified atom stereocenters. The minimum Gasteiger partial charge on any atom is -0.467 e. The van der Waals surface area contributed by atoms with Gasteiger partial charge in [-0.3, -0.25) is 24.4 Å². The highest BCUT2D eigenvalue weighted by Crippen LogP contribution is 2.26. The number of anilines is 1. The van der Waals surface area contributed by atoms with Gasteiger partial charge in [0.2, 0.25) is 0 Å². The summed E-state index contributed by atoms with van der Waals surface area (Å²) in [5.41, 5.74) is -0.186. The Morgan fingerprint density at radius 3 is 2.76 bits per heavy atom. The van der Waals surface area contributed by atoms with Crippen LogP contribution in [0, 0.1) is 10.1 Å². The van der Waals surface area contributed by atoms with Crippen LogP contribution in [0.4, 0.5) is 11.4 Å². The summed E-state index contributed by atoms with van der Waals surface area (Å²) < 4.78 is 6.65. The summed E-state index contributed by atoms with van der Waals surface area (Å²) in [6.45, 7) is 2.45. The van der Waals surface area contributed by atoms with Crippen molar-refractivity contribution < 1.29 is 18.9 Å². The van der Waals surface area contributed by atoms with Crippen molar-refractivity contribution in [3.63, 3.8) is 0 Å². The first-order valence-corrected chi connectivity index (χ1v) is 8.90. The number of nitrogens with zero attached hydrogens (tertiary/aromatic N) is 3. The van der Waals surface area contributed by atoms with Gasteiger partial charge in [0.1, 0.15) is 10.8 Å². The van der Waals surface area contributed by atoms with E-state index in [0.717, 1.165) is 6.07 Å². The minimum absolute atomic E-state index is 0.00946. The summed E-state index contributed by atoms with van der Waals surface area (Å²) in [6.07, 6.45) is 2.99. The second kappa shape index (κ2) is 8.57. The fourth-order valence-corrected chi connectivity index (χ4v) is 2.68. The van der Waals surface area contributed by atoms with Crippen LogP contribution in [0.25, 0.3) is 0 Å². The van der Waals surface area contributed by atoms with Crippen molar-refractivity contribution in [1.29, 1.82) is 0 Å². The Morgan fingerprint density at radius 2 is 2.10 bits per heavy atom. The Labute approximate surface area is 169 Å². The summed E-state index contributed by atoms with van der Waals surface area (Å²) in [5, 5.41) is 20.3. The molecule has 0 saturated carbocycles. The second-order valence-corrected chi connectivity index (χ2v) is 6.29. The average Bonchev–Trinajstić information content (AvgIpc) is 3.36. The highest BCUT2D eigenvalue weighted by atomic mass is 35.5. The van der Waals surface area contributed by atoms with Gasteiger partial charge in [-0.2, -0.15) is 5.10 Å². The maximum absolute atomic E-state index is 12.6. The number of amides is 2. The number of hydrogen-bond donors (Lipinski definition) is 2. The first-order valence-electron chi connectivity index (χ1n) is 8.52. The number of carbonyl (C=O) groups is 2. The lowest BCUT2D eigenvalue weighted by molar-refractivity contribution is -0.384. The summed E-state index contributed by atoms with van der Waals surface area (Å²) in [6, 6.07) is 7.09. The van der Waals surface area contributed by atoms with E-state index in [0.29, 0.717) is 12.3 Å². The van der Waals surface area contributed by atoms with Crippen LogP contribution < -0.4 is 10.6 Å². The number of benzene rings is 1. The van der Waals surface area contributed by atoms with Gasteiger partial charge in [-0.15, -0.1) is 0 Å². The van der Waals surface area contributed by atoms with E-state index >= 15 is 0 Å². The van der Waals surface area contributed by atoms with Gasteiger partial charge in [0.25, 0.3) is 17.5 Å². The number of aromatic nitrogens is 2. The highest BCUT2D eigenvalue weighted by molar-refractivity contribution is 6.32. The van der Waals surface area contributed by atoms with Crippen LogP contribution in [-0.2, 0) is 13.1 Å². The summed E-state index contributed by atoms with van der Waals surface area (Å²) >= 11 is 5.77. The molecule has 10 nitrogen and oxygen atoms in total. The van der Waals surface area contributed by atoms with E-state index in [-0.39, 0.29) is 34.2 Å². The number of nitro benzene ring substituents is 1. The summed E-state index contributed by atoms with van der Waals surface area (Å²) in [5.74, 6) is -0.584. The molecule has 29 heavy (non-hydrogen) atoms. The van der Waals surface area contributed by atoms with Gasteiger partial charge >= 0.3 is 0 Å². The van der Waals surface area contributed by atoms with E-state index in [1.165, 1.54) is 29.3 Å². The molecule has 1 aromatic carbocycles.